The molecule has 3 heterocycles. The Morgan fingerprint density at radius 2 is 2.05 bits per heavy atom. The zero-order chi connectivity index (χ0) is 14.1. The van der Waals surface area contributed by atoms with Crippen LogP contribution in [0.3, 0.4) is 0 Å². The van der Waals surface area contributed by atoms with Gasteiger partial charge < -0.3 is 15.1 Å². The molecule has 4 nitrogen and oxygen atoms in total. The van der Waals surface area contributed by atoms with Gasteiger partial charge in [0, 0.05) is 12.1 Å². The lowest BCUT2D eigenvalue weighted by molar-refractivity contribution is 0.0290. The number of nitrogens with zero attached hydrogens (tertiary/aromatic N) is 1. The van der Waals surface area contributed by atoms with Gasteiger partial charge in [-0.05, 0) is 37.8 Å². The monoisotopic (exact) mass is 291 g/mol. The van der Waals surface area contributed by atoms with Crippen molar-refractivity contribution >= 4 is 17.2 Å². The van der Waals surface area contributed by atoms with E-state index in [1.165, 1.54) is 11.3 Å². The van der Waals surface area contributed by atoms with E-state index in [1.54, 1.807) is 6.07 Å². The normalized spacial score (nSPS) is 28.1. The standard InChI is InChI=1S/C15H17NO3S/c17-7-1-2-13-5-6-14(20-13)15(19)16-10-3-4-11(16)9-12(18)8-10/h5-6,10-12,17-18H,3-4,7-9H2. The zero-order valence-electron chi connectivity index (χ0n) is 11.1. The van der Waals surface area contributed by atoms with Crippen molar-refractivity contribution in [2.75, 3.05) is 6.61 Å². The summed E-state index contributed by atoms with van der Waals surface area (Å²) >= 11 is 1.37. The maximum absolute atomic E-state index is 12.6. The summed E-state index contributed by atoms with van der Waals surface area (Å²) in [4.78, 5) is 16.1. The van der Waals surface area contributed by atoms with Gasteiger partial charge in [0.25, 0.3) is 5.91 Å². The average molecular weight is 291 g/mol. The predicted octanol–water partition coefficient (Wildman–Crippen LogP) is 1.22. The van der Waals surface area contributed by atoms with E-state index in [0.717, 1.165) is 17.7 Å². The Kier molecular flexibility index (Phi) is 3.79. The molecule has 5 heteroatoms. The molecule has 3 rings (SSSR count). The fourth-order valence-electron chi connectivity index (χ4n) is 3.25. The Labute approximate surface area is 122 Å². The Hall–Kier alpha value is -1.35. The second-order valence-corrected chi connectivity index (χ2v) is 6.43. The van der Waals surface area contributed by atoms with Crippen molar-refractivity contribution in [2.45, 2.75) is 43.9 Å². The molecule has 2 fully saturated rings. The summed E-state index contributed by atoms with van der Waals surface area (Å²) in [5.41, 5.74) is 0. The van der Waals surface area contributed by atoms with Crippen LogP contribution in [-0.2, 0) is 0 Å². The SMILES string of the molecule is O=C(c1ccc(C#CCO)s1)N1C2CCC1CC(O)C2. The quantitative estimate of drug-likeness (QED) is 0.765. The Balaban J connectivity index is 1.78. The van der Waals surface area contributed by atoms with Crippen molar-refractivity contribution in [3.8, 4) is 11.8 Å². The first-order valence-corrected chi connectivity index (χ1v) is 7.71. The van der Waals surface area contributed by atoms with Crippen LogP contribution in [0.15, 0.2) is 12.1 Å². The van der Waals surface area contributed by atoms with Crippen LogP contribution in [0, 0.1) is 11.8 Å². The number of rotatable bonds is 1. The molecule has 1 aromatic heterocycles. The third kappa shape index (κ3) is 2.47. The summed E-state index contributed by atoms with van der Waals surface area (Å²) < 4.78 is 0. The summed E-state index contributed by atoms with van der Waals surface area (Å²) in [6, 6.07) is 4.00. The van der Waals surface area contributed by atoms with Crippen LogP contribution >= 0.6 is 11.3 Å². The van der Waals surface area contributed by atoms with E-state index in [4.69, 9.17) is 5.11 Å². The van der Waals surface area contributed by atoms with Gasteiger partial charge in [0.15, 0.2) is 0 Å². The lowest BCUT2D eigenvalue weighted by Crippen LogP contribution is -2.47. The minimum Gasteiger partial charge on any atom is -0.393 e. The molecule has 2 saturated heterocycles. The average Bonchev–Trinajstić information content (AvgIpc) is 2.99. The van der Waals surface area contributed by atoms with Crippen LogP contribution in [0.25, 0.3) is 0 Å². The number of carbonyl (C=O) groups is 1. The molecular formula is C15H17NO3S. The minimum absolute atomic E-state index is 0.0615. The van der Waals surface area contributed by atoms with E-state index in [-0.39, 0.29) is 30.7 Å². The molecule has 2 aliphatic rings. The van der Waals surface area contributed by atoms with E-state index in [0.29, 0.717) is 17.7 Å². The first-order valence-electron chi connectivity index (χ1n) is 6.89. The molecule has 1 amide bonds. The highest BCUT2D eigenvalue weighted by Crippen LogP contribution is 2.37. The molecule has 0 aliphatic carbocycles. The second-order valence-electron chi connectivity index (χ2n) is 5.35. The van der Waals surface area contributed by atoms with Crippen molar-refractivity contribution in [1.82, 2.24) is 4.90 Å². The van der Waals surface area contributed by atoms with Crippen molar-refractivity contribution in [3.63, 3.8) is 0 Å². The largest absolute Gasteiger partial charge is 0.393 e. The van der Waals surface area contributed by atoms with Gasteiger partial charge >= 0.3 is 0 Å². The lowest BCUT2D eigenvalue weighted by Gasteiger charge is -2.36. The van der Waals surface area contributed by atoms with Gasteiger partial charge in [-0.3, -0.25) is 4.79 Å². The highest BCUT2D eigenvalue weighted by atomic mass is 32.1. The van der Waals surface area contributed by atoms with Crippen molar-refractivity contribution in [2.24, 2.45) is 0 Å². The molecule has 2 aliphatic heterocycles. The van der Waals surface area contributed by atoms with Crippen molar-refractivity contribution in [3.05, 3.63) is 21.9 Å². The molecular weight excluding hydrogens is 274 g/mol. The summed E-state index contributed by atoms with van der Waals surface area (Å²) in [6.07, 6.45) is 3.13. The Bertz CT molecular complexity index is 557. The molecule has 20 heavy (non-hydrogen) atoms. The summed E-state index contributed by atoms with van der Waals surface area (Å²) in [6.45, 7) is -0.171. The molecule has 0 radical (unpaired) electrons. The summed E-state index contributed by atoms with van der Waals surface area (Å²) in [7, 11) is 0. The number of carbonyl (C=O) groups excluding carboxylic acids is 1. The Morgan fingerprint density at radius 1 is 1.35 bits per heavy atom. The van der Waals surface area contributed by atoms with Crippen LogP contribution in [0.2, 0.25) is 0 Å². The molecule has 2 atom stereocenters. The number of fused-ring (bicyclic) bond motifs is 2. The van der Waals surface area contributed by atoms with E-state index in [9.17, 15) is 9.90 Å². The zero-order valence-corrected chi connectivity index (χ0v) is 11.9. The number of amides is 1. The lowest BCUT2D eigenvalue weighted by atomic mass is 10.00. The van der Waals surface area contributed by atoms with Crippen LogP contribution in [-0.4, -0.2) is 45.8 Å². The number of thiophene rings is 1. The first-order chi connectivity index (χ1) is 9.69. The minimum atomic E-state index is -0.258. The van der Waals surface area contributed by atoms with E-state index in [1.807, 2.05) is 11.0 Å². The molecule has 2 unspecified atom stereocenters. The molecule has 2 bridgehead atoms. The maximum Gasteiger partial charge on any atom is 0.264 e. The molecule has 1 aromatic rings. The number of aliphatic hydroxyl groups excluding tert-OH is 2. The fourth-order valence-corrected chi connectivity index (χ4v) is 4.08. The first kappa shape index (κ1) is 13.6. The van der Waals surface area contributed by atoms with Crippen LogP contribution < -0.4 is 0 Å². The molecule has 0 aromatic carbocycles. The second kappa shape index (κ2) is 5.57. The fraction of sp³-hybridized carbons (Fsp3) is 0.533. The summed E-state index contributed by atoms with van der Waals surface area (Å²) in [5.74, 6) is 5.48. The smallest absolute Gasteiger partial charge is 0.264 e. The number of hydrogen-bond acceptors (Lipinski definition) is 4. The van der Waals surface area contributed by atoms with Gasteiger partial charge in [-0.1, -0.05) is 11.8 Å². The highest BCUT2D eigenvalue weighted by molar-refractivity contribution is 7.14. The van der Waals surface area contributed by atoms with Crippen LogP contribution in [0.5, 0.6) is 0 Å². The van der Waals surface area contributed by atoms with Crippen LogP contribution in [0.4, 0.5) is 0 Å². The van der Waals surface area contributed by atoms with Gasteiger partial charge in [-0.2, -0.15) is 0 Å². The third-order valence-electron chi connectivity index (χ3n) is 4.05. The highest BCUT2D eigenvalue weighted by Gasteiger charge is 2.43. The van der Waals surface area contributed by atoms with Gasteiger partial charge in [0.1, 0.15) is 6.61 Å². The predicted molar refractivity (Wildman–Crippen MR) is 76.5 cm³/mol. The maximum atomic E-state index is 12.6. The van der Waals surface area contributed by atoms with Gasteiger partial charge in [0.05, 0.1) is 15.9 Å². The van der Waals surface area contributed by atoms with Crippen LogP contribution in [0.1, 0.15) is 40.2 Å². The third-order valence-corrected chi connectivity index (χ3v) is 5.04. The van der Waals surface area contributed by atoms with Gasteiger partial charge in [-0.15, -0.1) is 11.3 Å². The number of piperidine rings is 1. The van der Waals surface area contributed by atoms with Crippen molar-refractivity contribution in [1.29, 1.82) is 0 Å². The summed E-state index contributed by atoms with van der Waals surface area (Å²) in [5, 5.41) is 18.5. The topological polar surface area (TPSA) is 60.8 Å². The number of aliphatic hydroxyl groups is 2. The van der Waals surface area contributed by atoms with Crippen molar-refractivity contribution < 1.29 is 15.0 Å². The van der Waals surface area contributed by atoms with E-state index >= 15 is 0 Å². The van der Waals surface area contributed by atoms with Gasteiger partial charge in [0.2, 0.25) is 0 Å². The molecule has 2 N–H and O–H groups in total. The molecule has 0 spiro atoms. The van der Waals surface area contributed by atoms with Gasteiger partial charge in [-0.25, -0.2) is 0 Å². The Morgan fingerprint density at radius 3 is 2.70 bits per heavy atom. The molecule has 0 saturated carbocycles. The molecule has 106 valence electrons. The number of hydrogen-bond donors (Lipinski definition) is 2. The van der Waals surface area contributed by atoms with E-state index in [2.05, 4.69) is 11.8 Å². The van der Waals surface area contributed by atoms with E-state index < -0.39 is 0 Å².